The average Bonchev–Trinajstić information content (AvgIpc) is 2.98. The summed E-state index contributed by atoms with van der Waals surface area (Å²) in [6.45, 7) is 3.74. The van der Waals surface area contributed by atoms with Crippen molar-refractivity contribution in [2.75, 3.05) is 0 Å². The second-order valence-electron chi connectivity index (χ2n) is 4.63. The Morgan fingerprint density at radius 2 is 1.94 bits per heavy atom. The van der Waals surface area contributed by atoms with E-state index in [1.807, 2.05) is 13.8 Å². The number of aromatic nitrogens is 1. The Hall–Kier alpha value is -1.06. The summed E-state index contributed by atoms with van der Waals surface area (Å²) < 4.78 is 38.5. The van der Waals surface area contributed by atoms with E-state index < -0.39 is 11.7 Å². The van der Waals surface area contributed by atoms with Crippen molar-refractivity contribution in [2.24, 2.45) is 0 Å². The third kappa shape index (κ3) is 2.20. The van der Waals surface area contributed by atoms with Crippen LogP contribution in [0.4, 0.5) is 13.2 Å². The van der Waals surface area contributed by atoms with Crippen LogP contribution in [-0.2, 0) is 6.18 Å². The molecule has 1 fully saturated rings. The minimum atomic E-state index is -4.28. The maximum atomic E-state index is 12.8. The molecule has 16 heavy (non-hydrogen) atoms. The third-order valence-corrected chi connectivity index (χ3v) is 2.88. The number of halogens is 3. The average molecular weight is 229 g/mol. The summed E-state index contributed by atoms with van der Waals surface area (Å²) in [5.41, 5.74) is 0.342. The van der Waals surface area contributed by atoms with Crippen LogP contribution >= 0.6 is 0 Å². The Balaban J connectivity index is 2.47. The fourth-order valence-corrected chi connectivity index (χ4v) is 1.72. The number of nitrogens with zero attached hydrogens (tertiary/aromatic N) is 1. The van der Waals surface area contributed by atoms with Crippen molar-refractivity contribution < 1.29 is 13.2 Å². The normalized spacial score (nSPS) is 16.9. The van der Waals surface area contributed by atoms with Crippen LogP contribution in [0.15, 0.2) is 12.3 Å². The van der Waals surface area contributed by atoms with Gasteiger partial charge in [-0.3, -0.25) is 4.98 Å². The Bertz CT molecular complexity index is 392. The Morgan fingerprint density at radius 3 is 2.38 bits per heavy atom. The van der Waals surface area contributed by atoms with Gasteiger partial charge < -0.3 is 0 Å². The highest BCUT2D eigenvalue weighted by Gasteiger charge is 2.39. The minimum absolute atomic E-state index is 0.0258. The third-order valence-electron chi connectivity index (χ3n) is 2.88. The molecule has 0 aliphatic heterocycles. The van der Waals surface area contributed by atoms with E-state index in [2.05, 4.69) is 4.98 Å². The smallest absolute Gasteiger partial charge is 0.260 e. The van der Waals surface area contributed by atoms with Crippen LogP contribution in [0.25, 0.3) is 0 Å². The van der Waals surface area contributed by atoms with Crippen molar-refractivity contribution in [1.29, 1.82) is 0 Å². The molecule has 1 aromatic heterocycles. The lowest BCUT2D eigenvalue weighted by Crippen LogP contribution is -2.11. The van der Waals surface area contributed by atoms with Gasteiger partial charge in [0, 0.05) is 12.1 Å². The largest absolute Gasteiger partial charge is 0.418 e. The van der Waals surface area contributed by atoms with Crippen LogP contribution in [0, 0.1) is 0 Å². The molecule has 1 heterocycles. The van der Waals surface area contributed by atoms with Crippen molar-refractivity contribution >= 4 is 0 Å². The molecule has 1 saturated carbocycles. The number of hydrogen-bond acceptors (Lipinski definition) is 1. The second-order valence-corrected chi connectivity index (χ2v) is 4.63. The lowest BCUT2D eigenvalue weighted by molar-refractivity contribution is -0.138. The van der Waals surface area contributed by atoms with Gasteiger partial charge in [-0.1, -0.05) is 13.8 Å². The molecule has 1 aliphatic rings. The quantitative estimate of drug-likeness (QED) is 0.744. The molecule has 0 atom stereocenters. The first-order valence-electron chi connectivity index (χ1n) is 5.46. The predicted molar refractivity (Wildman–Crippen MR) is 55.3 cm³/mol. The second kappa shape index (κ2) is 3.75. The molecule has 1 aliphatic carbocycles. The molecule has 88 valence electrons. The fourth-order valence-electron chi connectivity index (χ4n) is 1.72. The molecule has 0 bridgehead atoms. The Morgan fingerprint density at radius 1 is 1.31 bits per heavy atom. The van der Waals surface area contributed by atoms with Gasteiger partial charge in [-0.05, 0) is 30.4 Å². The van der Waals surface area contributed by atoms with Crippen molar-refractivity contribution in [3.8, 4) is 0 Å². The van der Waals surface area contributed by atoms with Crippen molar-refractivity contribution in [1.82, 2.24) is 4.98 Å². The van der Waals surface area contributed by atoms with E-state index in [4.69, 9.17) is 0 Å². The zero-order valence-electron chi connectivity index (χ0n) is 9.30. The van der Waals surface area contributed by atoms with E-state index in [0.717, 1.165) is 12.8 Å². The summed E-state index contributed by atoms with van der Waals surface area (Å²) in [4.78, 5) is 4.01. The molecular weight excluding hydrogens is 215 g/mol. The molecule has 2 rings (SSSR count). The molecule has 0 aromatic carbocycles. The van der Waals surface area contributed by atoms with Gasteiger partial charge in [-0.15, -0.1) is 0 Å². The summed E-state index contributed by atoms with van der Waals surface area (Å²) in [5, 5.41) is 0. The van der Waals surface area contributed by atoms with Crippen molar-refractivity contribution in [3.05, 3.63) is 29.1 Å². The zero-order valence-corrected chi connectivity index (χ0v) is 9.30. The molecule has 0 N–H and O–H groups in total. The maximum Gasteiger partial charge on any atom is 0.418 e. The van der Waals surface area contributed by atoms with Crippen LogP contribution in [0.3, 0.4) is 0 Å². The Kier molecular flexibility index (Phi) is 2.68. The molecule has 0 unspecified atom stereocenters. The van der Waals surface area contributed by atoms with E-state index in [1.54, 1.807) is 6.20 Å². The predicted octanol–water partition coefficient (Wildman–Crippen LogP) is 4.10. The van der Waals surface area contributed by atoms with Crippen molar-refractivity contribution in [3.63, 3.8) is 0 Å². The van der Waals surface area contributed by atoms with Gasteiger partial charge in [0.15, 0.2) is 0 Å². The lowest BCUT2D eigenvalue weighted by atomic mass is 10.0. The van der Waals surface area contributed by atoms with E-state index in [9.17, 15) is 13.2 Å². The van der Waals surface area contributed by atoms with Crippen LogP contribution in [0.1, 0.15) is 55.3 Å². The standard InChI is InChI=1S/C12H14F3N/c1-7(2)9-5-10(12(13,14)15)11(16-6-9)8-3-4-8/h5-8H,3-4H2,1-2H3. The lowest BCUT2D eigenvalue weighted by Gasteiger charge is -2.14. The summed E-state index contributed by atoms with van der Waals surface area (Å²) in [6, 6.07) is 1.26. The van der Waals surface area contributed by atoms with E-state index in [-0.39, 0.29) is 17.5 Å². The van der Waals surface area contributed by atoms with Gasteiger partial charge in [0.25, 0.3) is 0 Å². The topological polar surface area (TPSA) is 12.9 Å². The number of hydrogen-bond donors (Lipinski definition) is 0. The van der Waals surface area contributed by atoms with Gasteiger partial charge in [0.05, 0.1) is 11.3 Å². The SMILES string of the molecule is CC(C)c1cnc(C2CC2)c(C(F)(F)F)c1. The monoisotopic (exact) mass is 229 g/mol. The number of pyridine rings is 1. The minimum Gasteiger partial charge on any atom is -0.260 e. The van der Waals surface area contributed by atoms with Gasteiger partial charge in [-0.25, -0.2) is 0 Å². The van der Waals surface area contributed by atoms with Crippen LogP contribution < -0.4 is 0 Å². The fraction of sp³-hybridized carbons (Fsp3) is 0.583. The first-order valence-corrected chi connectivity index (χ1v) is 5.46. The summed E-state index contributed by atoms with van der Waals surface area (Å²) in [7, 11) is 0. The molecule has 4 heteroatoms. The summed E-state index contributed by atoms with van der Waals surface area (Å²) in [6.07, 6.45) is -1.04. The van der Waals surface area contributed by atoms with Gasteiger partial charge >= 0.3 is 6.18 Å². The number of alkyl halides is 3. The molecule has 0 amide bonds. The number of rotatable bonds is 2. The van der Waals surface area contributed by atoms with Crippen LogP contribution in [0.2, 0.25) is 0 Å². The first-order chi connectivity index (χ1) is 7.39. The summed E-state index contributed by atoms with van der Waals surface area (Å²) in [5.74, 6) is 0.0969. The highest BCUT2D eigenvalue weighted by Crippen LogP contribution is 2.45. The van der Waals surface area contributed by atoms with Gasteiger partial charge in [0.2, 0.25) is 0 Å². The van der Waals surface area contributed by atoms with Crippen molar-refractivity contribution in [2.45, 2.75) is 44.7 Å². The first kappa shape index (κ1) is 11.4. The Labute approximate surface area is 92.7 Å². The van der Waals surface area contributed by atoms with E-state index >= 15 is 0 Å². The highest BCUT2D eigenvalue weighted by molar-refractivity contribution is 5.33. The molecule has 1 nitrogen and oxygen atoms in total. The van der Waals surface area contributed by atoms with E-state index in [1.165, 1.54) is 6.07 Å². The highest BCUT2D eigenvalue weighted by atomic mass is 19.4. The van der Waals surface area contributed by atoms with Gasteiger partial charge in [-0.2, -0.15) is 13.2 Å². The molecule has 0 spiro atoms. The van der Waals surface area contributed by atoms with Crippen LogP contribution in [0.5, 0.6) is 0 Å². The summed E-state index contributed by atoms with van der Waals surface area (Å²) >= 11 is 0. The maximum absolute atomic E-state index is 12.8. The van der Waals surface area contributed by atoms with E-state index in [0.29, 0.717) is 5.56 Å². The zero-order chi connectivity index (χ0) is 11.9. The molecule has 0 saturated heterocycles. The molecular formula is C12H14F3N. The molecule has 0 radical (unpaired) electrons. The van der Waals surface area contributed by atoms with Gasteiger partial charge in [0.1, 0.15) is 0 Å². The molecule has 1 aromatic rings. The van der Waals surface area contributed by atoms with Crippen LogP contribution in [-0.4, -0.2) is 4.98 Å².